The molecule has 3 heterocycles. The van der Waals surface area contributed by atoms with Crippen LogP contribution in [0, 0.1) is 5.82 Å². The normalized spacial score (nSPS) is 23.4. The Bertz CT molecular complexity index is 769. The standard InChI is InChI=1S/C22H30ClFN4O3/c23-18-3-1-4-19(24)17(18)15-25-6-10-27(11-7-25)21(29)16-26-8-12-28(13-9-26)22(30)20-5-2-14-31-20/h1,3-4,20H,2,5-16H2. The second kappa shape index (κ2) is 10.3. The molecule has 3 fully saturated rings. The number of carbonyl (C=O) groups excluding carboxylic acids is 2. The molecular formula is C22H30ClFN4O3. The van der Waals surface area contributed by atoms with Gasteiger partial charge in [0.15, 0.2) is 0 Å². The minimum absolute atomic E-state index is 0.0922. The van der Waals surface area contributed by atoms with E-state index in [1.807, 2.05) is 9.80 Å². The molecular weight excluding hydrogens is 423 g/mol. The van der Waals surface area contributed by atoms with Gasteiger partial charge in [-0.1, -0.05) is 17.7 Å². The van der Waals surface area contributed by atoms with Crippen LogP contribution in [0.2, 0.25) is 5.02 Å². The van der Waals surface area contributed by atoms with Crippen LogP contribution in [0.4, 0.5) is 4.39 Å². The largest absolute Gasteiger partial charge is 0.368 e. The summed E-state index contributed by atoms with van der Waals surface area (Å²) in [6, 6.07) is 4.74. The third-order valence-corrected chi connectivity index (χ3v) is 6.77. The van der Waals surface area contributed by atoms with Gasteiger partial charge in [0.1, 0.15) is 11.9 Å². The van der Waals surface area contributed by atoms with Crippen molar-refractivity contribution in [2.24, 2.45) is 0 Å². The van der Waals surface area contributed by atoms with Crippen molar-refractivity contribution >= 4 is 23.4 Å². The van der Waals surface area contributed by atoms with E-state index in [-0.39, 0.29) is 23.7 Å². The average molecular weight is 453 g/mol. The van der Waals surface area contributed by atoms with E-state index in [0.717, 1.165) is 12.8 Å². The minimum atomic E-state index is -0.289. The van der Waals surface area contributed by atoms with Crippen molar-refractivity contribution in [1.29, 1.82) is 0 Å². The van der Waals surface area contributed by atoms with Gasteiger partial charge in [0.25, 0.3) is 5.91 Å². The molecule has 2 amide bonds. The zero-order valence-electron chi connectivity index (χ0n) is 17.8. The number of nitrogens with zero attached hydrogens (tertiary/aromatic N) is 4. The summed E-state index contributed by atoms with van der Waals surface area (Å²) in [5, 5.41) is 0.440. The van der Waals surface area contributed by atoms with Crippen molar-refractivity contribution in [3.63, 3.8) is 0 Å². The van der Waals surface area contributed by atoms with E-state index < -0.39 is 0 Å². The second-order valence-electron chi connectivity index (χ2n) is 8.46. The van der Waals surface area contributed by atoms with E-state index in [1.165, 1.54) is 6.07 Å². The van der Waals surface area contributed by atoms with Crippen LogP contribution in [0.1, 0.15) is 18.4 Å². The van der Waals surface area contributed by atoms with Gasteiger partial charge in [0.2, 0.25) is 5.91 Å². The monoisotopic (exact) mass is 452 g/mol. The highest BCUT2D eigenvalue weighted by Gasteiger charge is 2.31. The van der Waals surface area contributed by atoms with Gasteiger partial charge >= 0.3 is 0 Å². The number of ether oxygens (including phenoxy) is 1. The number of benzene rings is 1. The topological polar surface area (TPSA) is 56.3 Å². The van der Waals surface area contributed by atoms with Crippen molar-refractivity contribution in [2.45, 2.75) is 25.5 Å². The van der Waals surface area contributed by atoms with Crippen LogP contribution in [0.5, 0.6) is 0 Å². The SMILES string of the molecule is O=C(CN1CCN(C(=O)C2CCCO2)CC1)N1CCN(Cc2c(F)cccc2Cl)CC1. The average Bonchev–Trinajstić information content (AvgIpc) is 3.32. The van der Waals surface area contributed by atoms with Gasteiger partial charge in [-0.25, -0.2) is 4.39 Å². The molecule has 0 radical (unpaired) electrons. The molecule has 0 spiro atoms. The van der Waals surface area contributed by atoms with Gasteiger partial charge < -0.3 is 14.5 Å². The molecule has 0 aromatic heterocycles. The first kappa shape index (κ1) is 22.5. The molecule has 4 rings (SSSR count). The first-order chi connectivity index (χ1) is 15.0. The molecule has 9 heteroatoms. The molecule has 170 valence electrons. The molecule has 7 nitrogen and oxygen atoms in total. The summed E-state index contributed by atoms with van der Waals surface area (Å²) in [6.07, 6.45) is 1.49. The quantitative estimate of drug-likeness (QED) is 0.676. The number of piperazine rings is 2. The lowest BCUT2D eigenvalue weighted by Gasteiger charge is -2.38. The van der Waals surface area contributed by atoms with Gasteiger partial charge in [0, 0.05) is 76.1 Å². The zero-order valence-corrected chi connectivity index (χ0v) is 18.5. The number of carbonyl (C=O) groups is 2. The minimum Gasteiger partial charge on any atom is -0.368 e. The molecule has 3 aliphatic rings. The van der Waals surface area contributed by atoms with Crippen LogP contribution >= 0.6 is 11.6 Å². The number of hydrogen-bond donors (Lipinski definition) is 0. The van der Waals surface area contributed by atoms with E-state index in [9.17, 15) is 14.0 Å². The van der Waals surface area contributed by atoms with E-state index in [4.69, 9.17) is 16.3 Å². The Balaban J connectivity index is 1.19. The highest BCUT2D eigenvalue weighted by Crippen LogP contribution is 2.21. The molecule has 1 atom stereocenters. The smallest absolute Gasteiger partial charge is 0.251 e. The summed E-state index contributed by atoms with van der Waals surface area (Å²) in [5.74, 6) is -0.0832. The zero-order chi connectivity index (χ0) is 21.8. The van der Waals surface area contributed by atoms with E-state index >= 15 is 0 Å². The summed E-state index contributed by atoms with van der Waals surface area (Å²) in [7, 11) is 0. The van der Waals surface area contributed by atoms with Crippen molar-refractivity contribution in [3.05, 3.63) is 34.6 Å². The summed E-state index contributed by atoms with van der Waals surface area (Å²) >= 11 is 6.13. The number of halogens is 2. The molecule has 3 aliphatic heterocycles. The van der Waals surface area contributed by atoms with Crippen molar-refractivity contribution in [3.8, 4) is 0 Å². The number of rotatable bonds is 5. The van der Waals surface area contributed by atoms with E-state index in [1.54, 1.807) is 12.1 Å². The molecule has 1 aromatic carbocycles. The van der Waals surface area contributed by atoms with Gasteiger partial charge in [-0.05, 0) is 25.0 Å². The Kier molecular flexibility index (Phi) is 7.43. The van der Waals surface area contributed by atoms with E-state index in [2.05, 4.69) is 9.80 Å². The Morgan fingerprint density at radius 2 is 1.68 bits per heavy atom. The third-order valence-electron chi connectivity index (χ3n) is 6.42. The maximum Gasteiger partial charge on any atom is 0.251 e. The Morgan fingerprint density at radius 1 is 1.00 bits per heavy atom. The first-order valence-electron chi connectivity index (χ1n) is 11.1. The maximum atomic E-state index is 14.0. The highest BCUT2D eigenvalue weighted by molar-refractivity contribution is 6.31. The van der Waals surface area contributed by atoms with Crippen molar-refractivity contribution < 1.29 is 18.7 Å². The summed E-state index contributed by atoms with van der Waals surface area (Å²) in [6.45, 7) is 6.84. The number of amides is 2. The fourth-order valence-electron chi connectivity index (χ4n) is 4.46. The van der Waals surface area contributed by atoms with Gasteiger partial charge in [-0.2, -0.15) is 0 Å². The van der Waals surface area contributed by atoms with E-state index in [0.29, 0.717) is 82.6 Å². The Hall–Kier alpha value is -1.74. The summed E-state index contributed by atoms with van der Waals surface area (Å²) in [5.41, 5.74) is 0.513. The molecule has 31 heavy (non-hydrogen) atoms. The first-order valence-corrected chi connectivity index (χ1v) is 11.4. The molecule has 0 aliphatic carbocycles. The van der Waals surface area contributed by atoms with Crippen LogP contribution < -0.4 is 0 Å². The third kappa shape index (κ3) is 5.55. The van der Waals surface area contributed by atoms with Gasteiger partial charge in [-0.15, -0.1) is 0 Å². The number of hydrogen-bond acceptors (Lipinski definition) is 5. The van der Waals surface area contributed by atoms with Crippen LogP contribution in [0.25, 0.3) is 0 Å². The molecule has 1 aromatic rings. The predicted octanol–water partition coefficient (Wildman–Crippen LogP) is 1.45. The Labute approximate surface area is 187 Å². The lowest BCUT2D eigenvalue weighted by Crippen LogP contribution is -2.55. The maximum absolute atomic E-state index is 14.0. The van der Waals surface area contributed by atoms with Crippen molar-refractivity contribution in [1.82, 2.24) is 19.6 Å². The molecule has 3 saturated heterocycles. The Morgan fingerprint density at radius 3 is 2.32 bits per heavy atom. The fourth-order valence-corrected chi connectivity index (χ4v) is 4.68. The summed E-state index contributed by atoms with van der Waals surface area (Å²) < 4.78 is 19.5. The molecule has 0 saturated carbocycles. The lowest BCUT2D eigenvalue weighted by molar-refractivity contribution is -0.143. The van der Waals surface area contributed by atoms with Crippen molar-refractivity contribution in [2.75, 3.05) is 65.5 Å². The second-order valence-corrected chi connectivity index (χ2v) is 8.87. The molecule has 0 bridgehead atoms. The summed E-state index contributed by atoms with van der Waals surface area (Å²) in [4.78, 5) is 33.2. The van der Waals surface area contributed by atoms with Crippen LogP contribution in [-0.2, 0) is 20.9 Å². The fraction of sp³-hybridized carbons (Fsp3) is 0.636. The predicted molar refractivity (Wildman–Crippen MR) is 115 cm³/mol. The lowest BCUT2D eigenvalue weighted by atomic mass is 10.1. The molecule has 1 unspecified atom stereocenters. The van der Waals surface area contributed by atoms with Gasteiger partial charge in [0.05, 0.1) is 6.54 Å². The van der Waals surface area contributed by atoms with Crippen LogP contribution in [0.3, 0.4) is 0 Å². The van der Waals surface area contributed by atoms with Gasteiger partial charge in [-0.3, -0.25) is 19.4 Å². The van der Waals surface area contributed by atoms with Crippen LogP contribution in [0.15, 0.2) is 18.2 Å². The highest BCUT2D eigenvalue weighted by atomic mass is 35.5. The van der Waals surface area contributed by atoms with Crippen LogP contribution in [-0.4, -0.2) is 103 Å². The molecule has 0 N–H and O–H groups in total.